The first-order valence-corrected chi connectivity index (χ1v) is 10.2. The van der Waals surface area contributed by atoms with E-state index in [1.165, 1.54) is 16.3 Å². The third kappa shape index (κ3) is 3.11. The van der Waals surface area contributed by atoms with E-state index in [-0.39, 0.29) is 0 Å². The number of aromatic nitrogens is 1. The summed E-state index contributed by atoms with van der Waals surface area (Å²) in [7, 11) is 0. The summed E-state index contributed by atoms with van der Waals surface area (Å²) < 4.78 is 0. The third-order valence-corrected chi connectivity index (χ3v) is 6.11. The minimum absolute atomic E-state index is 0.856. The maximum Gasteiger partial charge on any atom is 0.128 e. The van der Waals surface area contributed by atoms with Crippen molar-refractivity contribution < 1.29 is 0 Å². The molecule has 4 heteroatoms. The Labute approximate surface area is 170 Å². The second kappa shape index (κ2) is 7.42. The molecule has 1 aromatic heterocycles. The van der Waals surface area contributed by atoms with Gasteiger partial charge in [-0.1, -0.05) is 66.2 Å². The fraction of sp³-hybridized carbons (Fsp3) is 0.208. The fourth-order valence-electron chi connectivity index (χ4n) is 4.24. The van der Waals surface area contributed by atoms with Crippen LogP contribution in [0.5, 0.6) is 0 Å². The zero-order valence-corrected chi connectivity index (χ0v) is 16.4. The SMILES string of the molecule is Clc1c2ccccc2c(CN2CCN(c3ccccn3)CC2)c2ccccc12. The molecular formula is C24H22ClN3. The molecule has 1 aliphatic rings. The van der Waals surface area contributed by atoms with Crippen LogP contribution in [0.25, 0.3) is 21.5 Å². The molecular weight excluding hydrogens is 366 g/mol. The number of nitrogens with zero attached hydrogens (tertiary/aromatic N) is 3. The number of pyridine rings is 1. The minimum atomic E-state index is 0.856. The Kier molecular flexibility index (Phi) is 4.63. The molecule has 3 aromatic carbocycles. The Bertz CT molecular complexity index is 1060. The van der Waals surface area contributed by atoms with E-state index >= 15 is 0 Å². The van der Waals surface area contributed by atoms with Crippen molar-refractivity contribution in [1.82, 2.24) is 9.88 Å². The molecule has 0 radical (unpaired) electrons. The fourth-order valence-corrected chi connectivity index (χ4v) is 4.56. The monoisotopic (exact) mass is 387 g/mol. The van der Waals surface area contributed by atoms with Crippen LogP contribution in [-0.2, 0) is 6.54 Å². The summed E-state index contributed by atoms with van der Waals surface area (Å²) >= 11 is 6.75. The quantitative estimate of drug-likeness (QED) is 0.441. The van der Waals surface area contributed by atoms with Gasteiger partial charge in [0.15, 0.2) is 0 Å². The summed E-state index contributed by atoms with van der Waals surface area (Å²) in [4.78, 5) is 9.41. The van der Waals surface area contributed by atoms with Crippen molar-refractivity contribution in [3.8, 4) is 0 Å². The summed E-state index contributed by atoms with van der Waals surface area (Å²) in [5, 5.41) is 5.67. The Morgan fingerprint density at radius 1 is 0.714 bits per heavy atom. The zero-order chi connectivity index (χ0) is 18.9. The number of hydrogen-bond acceptors (Lipinski definition) is 3. The van der Waals surface area contributed by atoms with Gasteiger partial charge in [0.2, 0.25) is 0 Å². The lowest BCUT2D eigenvalue weighted by atomic mass is 9.96. The average molecular weight is 388 g/mol. The highest BCUT2D eigenvalue weighted by Crippen LogP contribution is 2.36. The predicted molar refractivity (Wildman–Crippen MR) is 118 cm³/mol. The number of hydrogen-bond donors (Lipinski definition) is 0. The molecule has 3 nitrogen and oxygen atoms in total. The van der Waals surface area contributed by atoms with E-state index in [1.54, 1.807) is 0 Å². The van der Waals surface area contributed by atoms with Crippen molar-refractivity contribution in [3.05, 3.63) is 83.5 Å². The molecule has 1 aliphatic heterocycles. The average Bonchev–Trinajstić information content (AvgIpc) is 2.78. The van der Waals surface area contributed by atoms with Crippen molar-refractivity contribution in [3.63, 3.8) is 0 Å². The number of fused-ring (bicyclic) bond motifs is 2. The van der Waals surface area contributed by atoms with E-state index in [4.69, 9.17) is 11.6 Å². The topological polar surface area (TPSA) is 19.4 Å². The van der Waals surface area contributed by atoms with Crippen LogP contribution >= 0.6 is 11.6 Å². The molecule has 1 fully saturated rings. The van der Waals surface area contributed by atoms with Crippen LogP contribution in [0.2, 0.25) is 5.02 Å². The molecule has 2 heterocycles. The van der Waals surface area contributed by atoms with Gasteiger partial charge in [0.25, 0.3) is 0 Å². The van der Waals surface area contributed by atoms with E-state index in [0.717, 1.165) is 54.3 Å². The molecule has 0 unspecified atom stereocenters. The molecule has 5 rings (SSSR count). The Hall–Kier alpha value is -2.62. The molecule has 0 atom stereocenters. The van der Waals surface area contributed by atoms with Gasteiger partial charge >= 0.3 is 0 Å². The maximum absolute atomic E-state index is 6.75. The second-order valence-electron chi connectivity index (χ2n) is 7.33. The maximum atomic E-state index is 6.75. The van der Waals surface area contributed by atoms with E-state index in [0.29, 0.717) is 0 Å². The Morgan fingerprint density at radius 2 is 1.29 bits per heavy atom. The van der Waals surface area contributed by atoms with E-state index < -0.39 is 0 Å². The number of anilines is 1. The number of benzene rings is 3. The smallest absolute Gasteiger partial charge is 0.128 e. The minimum Gasteiger partial charge on any atom is -0.354 e. The lowest BCUT2D eigenvalue weighted by Crippen LogP contribution is -2.46. The van der Waals surface area contributed by atoms with Gasteiger partial charge in [-0.3, -0.25) is 4.90 Å². The van der Waals surface area contributed by atoms with Gasteiger partial charge in [-0.25, -0.2) is 4.98 Å². The molecule has 0 amide bonds. The Morgan fingerprint density at radius 3 is 1.86 bits per heavy atom. The van der Waals surface area contributed by atoms with Crippen molar-refractivity contribution in [2.45, 2.75) is 6.54 Å². The number of piperazine rings is 1. The molecule has 4 aromatic rings. The van der Waals surface area contributed by atoms with Crippen molar-refractivity contribution in [2.24, 2.45) is 0 Å². The van der Waals surface area contributed by atoms with Gasteiger partial charge in [-0.2, -0.15) is 0 Å². The van der Waals surface area contributed by atoms with Crippen LogP contribution in [0.4, 0.5) is 5.82 Å². The molecule has 1 saturated heterocycles. The highest BCUT2D eigenvalue weighted by Gasteiger charge is 2.20. The summed E-state index contributed by atoms with van der Waals surface area (Å²) in [5.41, 5.74) is 1.38. The molecule has 0 bridgehead atoms. The van der Waals surface area contributed by atoms with Gasteiger partial charge in [0, 0.05) is 49.7 Å². The van der Waals surface area contributed by atoms with Gasteiger partial charge in [0.05, 0.1) is 5.02 Å². The van der Waals surface area contributed by atoms with Crippen molar-refractivity contribution >= 4 is 39.0 Å². The van der Waals surface area contributed by atoms with Gasteiger partial charge in [0.1, 0.15) is 5.82 Å². The van der Waals surface area contributed by atoms with Crippen molar-refractivity contribution in [1.29, 1.82) is 0 Å². The standard InChI is InChI=1S/C24H22ClN3/c25-24-20-9-3-1-7-18(20)22(19-8-2-4-10-21(19)24)17-27-13-15-28(16-14-27)23-11-5-6-12-26-23/h1-12H,13-17H2. The zero-order valence-electron chi connectivity index (χ0n) is 15.7. The summed E-state index contributed by atoms with van der Waals surface area (Å²) in [6, 6.07) is 23.1. The molecule has 0 N–H and O–H groups in total. The first-order valence-electron chi connectivity index (χ1n) is 9.77. The van der Waals surface area contributed by atoms with Crippen molar-refractivity contribution in [2.75, 3.05) is 31.1 Å². The largest absolute Gasteiger partial charge is 0.354 e. The second-order valence-corrected chi connectivity index (χ2v) is 7.71. The van der Waals surface area contributed by atoms with Gasteiger partial charge in [-0.15, -0.1) is 0 Å². The number of rotatable bonds is 3. The lowest BCUT2D eigenvalue weighted by molar-refractivity contribution is 0.251. The number of halogens is 1. The predicted octanol–water partition coefficient (Wildman–Crippen LogP) is 5.36. The van der Waals surface area contributed by atoms with E-state index in [9.17, 15) is 0 Å². The third-order valence-electron chi connectivity index (χ3n) is 5.70. The summed E-state index contributed by atoms with van der Waals surface area (Å²) in [5.74, 6) is 1.07. The van der Waals surface area contributed by atoms with Crippen LogP contribution in [0.15, 0.2) is 72.9 Å². The van der Waals surface area contributed by atoms with Crippen LogP contribution in [0.3, 0.4) is 0 Å². The first kappa shape index (κ1) is 17.5. The van der Waals surface area contributed by atoms with Gasteiger partial charge < -0.3 is 4.90 Å². The Balaban J connectivity index is 1.46. The lowest BCUT2D eigenvalue weighted by Gasteiger charge is -2.35. The normalized spacial score (nSPS) is 15.4. The van der Waals surface area contributed by atoms with Crippen LogP contribution in [0, 0.1) is 0 Å². The summed E-state index contributed by atoms with van der Waals surface area (Å²) in [6.45, 7) is 5.00. The van der Waals surface area contributed by atoms with Gasteiger partial charge in [-0.05, 0) is 28.5 Å². The summed E-state index contributed by atoms with van der Waals surface area (Å²) in [6.07, 6.45) is 1.87. The van der Waals surface area contributed by atoms with Crippen LogP contribution in [0.1, 0.15) is 5.56 Å². The molecule has 0 aliphatic carbocycles. The molecule has 0 saturated carbocycles. The highest BCUT2D eigenvalue weighted by atomic mass is 35.5. The van der Waals surface area contributed by atoms with E-state index in [1.807, 2.05) is 12.3 Å². The highest BCUT2D eigenvalue weighted by molar-refractivity contribution is 6.41. The van der Waals surface area contributed by atoms with Crippen LogP contribution < -0.4 is 4.90 Å². The van der Waals surface area contributed by atoms with E-state index in [2.05, 4.69) is 75.4 Å². The molecule has 28 heavy (non-hydrogen) atoms. The van der Waals surface area contributed by atoms with Crippen LogP contribution in [-0.4, -0.2) is 36.1 Å². The first-order chi connectivity index (χ1) is 13.8. The molecule has 0 spiro atoms. The molecule has 140 valence electrons.